The zero-order valence-electron chi connectivity index (χ0n) is 11.6. The van der Waals surface area contributed by atoms with E-state index in [0.29, 0.717) is 5.92 Å². The maximum Gasteiger partial charge on any atom is 0.376 e. The quantitative estimate of drug-likeness (QED) is 0.794. The number of rotatable bonds is 2. The second-order valence-corrected chi connectivity index (χ2v) is 5.19. The van der Waals surface area contributed by atoms with Crippen molar-refractivity contribution in [3.8, 4) is 0 Å². The summed E-state index contributed by atoms with van der Waals surface area (Å²) in [5.41, 5.74) is 6.79. The fraction of sp³-hybridized carbons (Fsp3) is 0.615. The molecule has 104 valence electrons. The van der Waals surface area contributed by atoms with Crippen molar-refractivity contribution in [3.05, 3.63) is 17.6 Å². The fourth-order valence-corrected chi connectivity index (χ4v) is 2.48. The van der Waals surface area contributed by atoms with Crippen molar-refractivity contribution in [2.75, 3.05) is 25.1 Å². The number of piperidine rings is 1. The topological polar surface area (TPSA) is 81.3 Å². The molecule has 1 saturated heterocycles. The van der Waals surface area contributed by atoms with Crippen LogP contribution in [0, 0.1) is 12.8 Å². The molecule has 6 nitrogen and oxygen atoms in total. The van der Waals surface area contributed by atoms with Crippen LogP contribution in [0.3, 0.4) is 0 Å². The zero-order valence-corrected chi connectivity index (χ0v) is 11.6. The van der Waals surface area contributed by atoms with E-state index in [1.165, 1.54) is 7.11 Å². The van der Waals surface area contributed by atoms with Gasteiger partial charge in [0.1, 0.15) is 5.82 Å². The van der Waals surface area contributed by atoms with Crippen LogP contribution < -0.4 is 10.6 Å². The van der Waals surface area contributed by atoms with Crippen molar-refractivity contribution in [1.29, 1.82) is 0 Å². The first kappa shape index (κ1) is 13.7. The number of anilines is 1. The molecule has 0 aliphatic carbocycles. The van der Waals surface area contributed by atoms with Crippen LogP contribution in [0.25, 0.3) is 0 Å². The summed E-state index contributed by atoms with van der Waals surface area (Å²) < 4.78 is 4.67. The van der Waals surface area contributed by atoms with E-state index in [1.54, 1.807) is 0 Å². The first-order valence-electron chi connectivity index (χ1n) is 6.44. The number of hydrogen-bond donors (Lipinski definition) is 1. The number of esters is 1. The summed E-state index contributed by atoms with van der Waals surface area (Å²) in [6.07, 6.45) is 1.02. The van der Waals surface area contributed by atoms with Gasteiger partial charge in [0, 0.05) is 30.9 Å². The van der Waals surface area contributed by atoms with Crippen molar-refractivity contribution in [1.82, 2.24) is 9.97 Å². The van der Waals surface area contributed by atoms with Crippen molar-refractivity contribution in [2.45, 2.75) is 26.3 Å². The van der Waals surface area contributed by atoms with E-state index < -0.39 is 5.97 Å². The van der Waals surface area contributed by atoms with Gasteiger partial charge in [-0.05, 0) is 19.3 Å². The Kier molecular flexibility index (Phi) is 3.99. The van der Waals surface area contributed by atoms with Gasteiger partial charge in [0.2, 0.25) is 5.82 Å². The third kappa shape index (κ3) is 3.20. The Morgan fingerprint density at radius 3 is 2.84 bits per heavy atom. The van der Waals surface area contributed by atoms with E-state index in [2.05, 4.69) is 26.5 Å². The predicted molar refractivity (Wildman–Crippen MR) is 72.1 cm³/mol. The van der Waals surface area contributed by atoms with Crippen LogP contribution in [0.1, 0.15) is 29.7 Å². The Morgan fingerprint density at radius 1 is 1.47 bits per heavy atom. The van der Waals surface area contributed by atoms with Gasteiger partial charge in [0.25, 0.3) is 0 Å². The number of hydrogen-bond acceptors (Lipinski definition) is 6. The molecule has 6 heteroatoms. The smallest absolute Gasteiger partial charge is 0.376 e. The lowest BCUT2D eigenvalue weighted by Crippen LogP contribution is -2.46. The standard InChI is InChI=1S/C13H20N4O2/c1-8-4-10(14)7-17(6-8)11-5-9(2)15-12(16-11)13(18)19-3/h5,8,10H,4,6-7,14H2,1-3H3. The molecule has 2 heterocycles. The summed E-state index contributed by atoms with van der Waals surface area (Å²) in [7, 11) is 1.33. The minimum Gasteiger partial charge on any atom is -0.463 e. The van der Waals surface area contributed by atoms with Crippen LogP contribution in [0.15, 0.2) is 6.07 Å². The highest BCUT2D eigenvalue weighted by molar-refractivity contribution is 5.85. The largest absolute Gasteiger partial charge is 0.463 e. The first-order valence-corrected chi connectivity index (χ1v) is 6.44. The fourth-order valence-electron chi connectivity index (χ4n) is 2.48. The molecule has 1 aromatic rings. The Bertz CT molecular complexity index is 468. The number of carbonyl (C=O) groups is 1. The molecular formula is C13H20N4O2. The van der Waals surface area contributed by atoms with Gasteiger partial charge in [-0.25, -0.2) is 14.8 Å². The van der Waals surface area contributed by atoms with Gasteiger partial charge < -0.3 is 15.4 Å². The van der Waals surface area contributed by atoms with E-state index in [-0.39, 0.29) is 11.9 Å². The van der Waals surface area contributed by atoms with Crippen molar-refractivity contribution in [2.24, 2.45) is 11.7 Å². The molecule has 1 aliphatic rings. The predicted octanol–water partition coefficient (Wildman–Crippen LogP) is 0.745. The monoisotopic (exact) mass is 264 g/mol. The van der Waals surface area contributed by atoms with Gasteiger partial charge in [-0.3, -0.25) is 0 Å². The maximum atomic E-state index is 11.5. The number of nitrogens with two attached hydrogens (primary N) is 1. The summed E-state index contributed by atoms with van der Waals surface area (Å²) >= 11 is 0. The SMILES string of the molecule is COC(=O)c1nc(C)cc(N2CC(C)CC(N)C2)n1. The molecule has 1 aliphatic heterocycles. The van der Waals surface area contributed by atoms with Crippen LogP contribution >= 0.6 is 0 Å². The Hall–Kier alpha value is -1.69. The highest BCUT2D eigenvalue weighted by Crippen LogP contribution is 2.21. The molecule has 1 fully saturated rings. The first-order chi connectivity index (χ1) is 8.99. The number of methoxy groups -OCH3 is 1. The van der Waals surface area contributed by atoms with Crippen molar-refractivity contribution < 1.29 is 9.53 Å². The summed E-state index contributed by atoms with van der Waals surface area (Å²) in [6, 6.07) is 2.01. The second-order valence-electron chi connectivity index (χ2n) is 5.19. The van der Waals surface area contributed by atoms with E-state index in [0.717, 1.165) is 31.0 Å². The lowest BCUT2D eigenvalue weighted by molar-refractivity contribution is 0.0586. The normalized spacial score (nSPS) is 23.3. The summed E-state index contributed by atoms with van der Waals surface area (Å²) in [6.45, 7) is 5.65. The molecule has 1 aromatic heterocycles. The van der Waals surface area contributed by atoms with Gasteiger partial charge in [0.15, 0.2) is 0 Å². The summed E-state index contributed by atoms with van der Waals surface area (Å²) in [5, 5.41) is 0. The van der Waals surface area contributed by atoms with Crippen molar-refractivity contribution in [3.63, 3.8) is 0 Å². The number of ether oxygens (including phenoxy) is 1. The van der Waals surface area contributed by atoms with Gasteiger partial charge in [-0.2, -0.15) is 0 Å². The Balaban J connectivity index is 2.28. The number of nitrogens with zero attached hydrogens (tertiary/aromatic N) is 3. The molecule has 2 atom stereocenters. The molecule has 19 heavy (non-hydrogen) atoms. The van der Waals surface area contributed by atoms with Gasteiger partial charge in [-0.1, -0.05) is 6.92 Å². The maximum absolute atomic E-state index is 11.5. The summed E-state index contributed by atoms with van der Waals surface area (Å²) in [4.78, 5) is 22.0. The van der Waals surface area contributed by atoms with Crippen LogP contribution in [0.2, 0.25) is 0 Å². The average molecular weight is 264 g/mol. The third-order valence-electron chi connectivity index (χ3n) is 3.22. The molecule has 2 unspecified atom stereocenters. The highest BCUT2D eigenvalue weighted by Gasteiger charge is 2.24. The van der Waals surface area contributed by atoms with E-state index >= 15 is 0 Å². The third-order valence-corrected chi connectivity index (χ3v) is 3.22. The molecule has 0 saturated carbocycles. The van der Waals surface area contributed by atoms with Crippen LogP contribution in [-0.2, 0) is 4.74 Å². The molecule has 0 amide bonds. The van der Waals surface area contributed by atoms with Crippen LogP contribution in [0.4, 0.5) is 5.82 Å². The summed E-state index contributed by atoms with van der Waals surface area (Å²) in [5.74, 6) is 0.846. The van der Waals surface area contributed by atoms with E-state index in [4.69, 9.17) is 5.73 Å². The number of aromatic nitrogens is 2. The Morgan fingerprint density at radius 2 is 2.21 bits per heavy atom. The van der Waals surface area contributed by atoms with Crippen LogP contribution in [-0.4, -0.2) is 42.2 Å². The highest BCUT2D eigenvalue weighted by atomic mass is 16.5. The molecule has 2 rings (SSSR count). The molecule has 0 bridgehead atoms. The molecule has 2 N–H and O–H groups in total. The lowest BCUT2D eigenvalue weighted by Gasteiger charge is -2.35. The zero-order chi connectivity index (χ0) is 14.0. The van der Waals surface area contributed by atoms with Gasteiger partial charge in [0.05, 0.1) is 7.11 Å². The number of aryl methyl sites for hydroxylation is 1. The average Bonchev–Trinajstić information content (AvgIpc) is 2.36. The van der Waals surface area contributed by atoms with Gasteiger partial charge >= 0.3 is 5.97 Å². The second kappa shape index (κ2) is 5.52. The molecule has 0 spiro atoms. The van der Waals surface area contributed by atoms with Crippen LogP contribution in [0.5, 0.6) is 0 Å². The molecule has 0 aromatic carbocycles. The molecular weight excluding hydrogens is 244 g/mol. The lowest BCUT2D eigenvalue weighted by atomic mass is 9.96. The Labute approximate surface area is 113 Å². The molecule has 0 radical (unpaired) electrons. The van der Waals surface area contributed by atoms with Crippen molar-refractivity contribution >= 4 is 11.8 Å². The minimum atomic E-state index is -0.515. The van der Waals surface area contributed by atoms with Gasteiger partial charge in [-0.15, -0.1) is 0 Å². The number of carbonyl (C=O) groups excluding carboxylic acids is 1. The minimum absolute atomic E-state index is 0.101. The van der Waals surface area contributed by atoms with E-state index in [1.807, 2.05) is 13.0 Å². The van der Waals surface area contributed by atoms with E-state index in [9.17, 15) is 4.79 Å².